The number of hydrogen-bond acceptors (Lipinski definition) is 9. The topological polar surface area (TPSA) is 151 Å². The van der Waals surface area contributed by atoms with E-state index in [9.17, 15) is 13.2 Å². The van der Waals surface area contributed by atoms with E-state index in [4.69, 9.17) is 20.6 Å². The number of rotatable bonds is 3. The maximum absolute atomic E-state index is 11.8. The number of sulfone groups is 1. The van der Waals surface area contributed by atoms with Gasteiger partial charge in [0.1, 0.15) is 16.3 Å². The second-order valence-corrected chi connectivity index (χ2v) is 7.81. The minimum Gasteiger partial charge on any atom is -0.460 e. The van der Waals surface area contributed by atoms with Gasteiger partial charge in [0.25, 0.3) is 0 Å². The first kappa shape index (κ1) is 16.2. The van der Waals surface area contributed by atoms with Crippen LogP contribution in [-0.4, -0.2) is 30.7 Å². The first-order valence-electron chi connectivity index (χ1n) is 6.51. The van der Waals surface area contributed by atoms with Crippen LogP contribution < -0.4 is 16.2 Å². The molecule has 11 heteroatoms. The fourth-order valence-corrected chi connectivity index (χ4v) is 3.58. The molecule has 9 nitrogen and oxygen atoms in total. The Kier molecular flexibility index (Phi) is 3.68. The molecule has 3 heterocycles. The molecule has 0 aromatic carbocycles. The average molecular weight is 368 g/mol. The van der Waals surface area contributed by atoms with Gasteiger partial charge in [-0.3, -0.25) is 0 Å². The Balaban J connectivity index is 2.37. The molecule has 0 aliphatic carbocycles. The van der Waals surface area contributed by atoms with Crippen molar-refractivity contribution in [1.29, 1.82) is 0 Å². The molecule has 0 saturated carbocycles. The van der Waals surface area contributed by atoms with Gasteiger partial charge < -0.3 is 20.6 Å². The fourth-order valence-electron chi connectivity index (χ4n) is 2.06. The summed E-state index contributed by atoms with van der Waals surface area (Å²) in [6.45, 7) is 1.73. The van der Waals surface area contributed by atoms with Gasteiger partial charge in [0.2, 0.25) is 20.1 Å². The van der Waals surface area contributed by atoms with Gasteiger partial charge in [-0.15, -0.1) is 0 Å². The molecule has 1 amide bonds. The molecule has 0 fully saturated rings. The summed E-state index contributed by atoms with van der Waals surface area (Å²) in [6, 6.07) is 3.33. The van der Waals surface area contributed by atoms with E-state index in [0.29, 0.717) is 16.9 Å². The van der Waals surface area contributed by atoms with Crippen molar-refractivity contribution in [2.45, 2.75) is 12.1 Å². The minimum absolute atomic E-state index is 0.0157. The molecular weight excluding hydrogens is 356 g/mol. The normalized spacial score (nSPS) is 11.8. The van der Waals surface area contributed by atoms with Gasteiger partial charge in [0, 0.05) is 6.26 Å². The second-order valence-electron chi connectivity index (χ2n) is 4.94. The Morgan fingerprint density at radius 3 is 2.58 bits per heavy atom. The van der Waals surface area contributed by atoms with Crippen molar-refractivity contribution in [2.75, 3.05) is 12.0 Å². The van der Waals surface area contributed by atoms with Crippen LogP contribution in [0.2, 0.25) is 0 Å². The number of aryl methyl sites for hydroxylation is 1. The van der Waals surface area contributed by atoms with Crippen LogP contribution in [0.15, 0.2) is 21.7 Å². The van der Waals surface area contributed by atoms with Crippen LogP contribution in [0.3, 0.4) is 0 Å². The highest BCUT2D eigenvalue weighted by Gasteiger charge is 2.24. The van der Waals surface area contributed by atoms with Crippen LogP contribution in [-0.2, 0) is 9.84 Å². The van der Waals surface area contributed by atoms with Crippen molar-refractivity contribution < 1.29 is 22.4 Å². The summed E-state index contributed by atoms with van der Waals surface area (Å²) >= 11 is 0.893. The van der Waals surface area contributed by atoms with Crippen LogP contribution in [0.25, 0.3) is 21.7 Å². The lowest BCUT2D eigenvalue weighted by Crippen LogP contribution is -2.16. The molecular formula is C13H12N4O5S2. The van der Waals surface area contributed by atoms with Crippen LogP contribution in [0, 0.1) is 6.92 Å². The molecule has 126 valence electrons. The summed E-state index contributed by atoms with van der Waals surface area (Å²) in [5, 5.41) is -0.0362. The van der Waals surface area contributed by atoms with Gasteiger partial charge in [-0.25, -0.2) is 23.2 Å². The zero-order chi connectivity index (χ0) is 17.6. The largest absolute Gasteiger partial charge is 0.460 e. The first-order valence-corrected chi connectivity index (χ1v) is 9.21. The molecule has 0 aliphatic heterocycles. The number of primary amides is 1. The Bertz CT molecular complexity index is 1070. The van der Waals surface area contributed by atoms with E-state index in [2.05, 4.69) is 9.97 Å². The third-order valence-corrected chi connectivity index (χ3v) is 4.86. The van der Waals surface area contributed by atoms with E-state index in [1.54, 1.807) is 19.1 Å². The van der Waals surface area contributed by atoms with Crippen LogP contribution in [0.4, 0.5) is 10.5 Å². The predicted molar refractivity (Wildman–Crippen MR) is 87.6 cm³/mol. The summed E-state index contributed by atoms with van der Waals surface area (Å²) in [4.78, 5) is 19.3. The number of amides is 1. The Hall–Kier alpha value is -2.66. The fraction of sp³-hybridized carbons (Fsp3) is 0.154. The molecule has 24 heavy (non-hydrogen) atoms. The van der Waals surface area contributed by atoms with Gasteiger partial charge in [-0.05, 0) is 19.1 Å². The molecule has 3 aromatic heterocycles. The third-order valence-electron chi connectivity index (χ3n) is 3.03. The lowest BCUT2D eigenvalue weighted by atomic mass is 10.2. The summed E-state index contributed by atoms with van der Waals surface area (Å²) in [6.07, 6.45) is -0.0525. The van der Waals surface area contributed by atoms with Crippen molar-refractivity contribution in [2.24, 2.45) is 5.73 Å². The third kappa shape index (κ3) is 2.78. The van der Waals surface area contributed by atoms with E-state index in [0.717, 1.165) is 17.6 Å². The number of nitrogen functional groups attached to an aromatic ring is 1. The summed E-state index contributed by atoms with van der Waals surface area (Å²) < 4.78 is 34.1. The summed E-state index contributed by atoms with van der Waals surface area (Å²) in [5.74, 6) is 0.931. The molecule has 0 unspecified atom stereocenters. The quantitative estimate of drug-likeness (QED) is 0.663. The molecule has 4 N–H and O–H groups in total. The summed E-state index contributed by atoms with van der Waals surface area (Å²) in [5.41, 5.74) is 11.3. The van der Waals surface area contributed by atoms with E-state index >= 15 is 0 Å². The standard InChI is InChI=1S/C13H12N4O5S2/c1-5-3-4-6(21-5)9-7-8(14)11(22-12(15)18)23-10(7)17-13(16-9)24(2,19)20/h3-4H,14H2,1-2H3,(H2,15,18). The highest BCUT2D eigenvalue weighted by molar-refractivity contribution is 7.90. The van der Waals surface area contributed by atoms with Gasteiger partial charge in [0.05, 0.1) is 11.1 Å². The second kappa shape index (κ2) is 5.46. The zero-order valence-electron chi connectivity index (χ0n) is 12.6. The number of ether oxygens (including phenoxy) is 1. The highest BCUT2D eigenvalue weighted by atomic mass is 32.2. The van der Waals surface area contributed by atoms with E-state index in [1.165, 1.54) is 0 Å². The number of anilines is 1. The molecule has 3 aromatic rings. The molecule has 0 radical (unpaired) electrons. The number of nitrogens with two attached hydrogens (primary N) is 2. The van der Waals surface area contributed by atoms with Crippen molar-refractivity contribution >= 4 is 43.2 Å². The van der Waals surface area contributed by atoms with Crippen LogP contribution in [0.1, 0.15) is 5.76 Å². The summed E-state index contributed by atoms with van der Waals surface area (Å²) in [7, 11) is -3.68. The lowest BCUT2D eigenvalue weighted by molar-refractivity contribution is 0.212. The molecule has 3 rings (SSSR count). The molecule has 0 aliphatic rings. The maximum Gasteiger partial charge on any atom is 0.410 e. The van der Waals surface area contributed by atoms with Crippen molar-refractivity contribution in [3.8, 4) is 16.5 Å². The predicted octanol–water partition coefficient (Wildman–Crippen LogP) is 1.70. The van der Waals surface area contributed by atoms with Gasteiger partial charge >= 0.3 is 6.09 Å². The molecule has 0 spiro atoms. The number of furan rings is 1. The SMILES string of the molecule is Cc1ccc(-c2nc(S(C)(=O)=O)nc3sc(OC(N)=O)c(N)c23)o1. The van der Waals surface area contributed by atoms with Crippen molar-refractivity contribution in [1.82, 2.24) is 9.97 Å². The number of aromatic nitrogens is 2. The minimum atomic E-state index is -3.68. The Labute approximate surface area is 140 Å². The van der Waals surface area contributed by atoms with E-state index < -0.39 is 15.9 Å². The van der Waals surface area contributed by atoms with Crippen LogP contribution in [0.5, 0.6) is 5.06 Å². The Morgan fingerprint density at radius 2 is 2.04 bits per heavy atom. The monoisotopic (exact) mass is 368 g/mol. The van der Waals surface area contributed by atoms with Gasteiger partial charge in [0.15, 0.2) is 5.76 Å². The number of thiophene rings is 1. The number of carbonyl (C=O) groups excluding carboxylic acids is 1. The zero-order valence-corrected chi connectivity index (χ0v) is 14.2. The Morgan fingerprint density at radius 1 is 1.33 bits per heavy atom. The van der Waals surface area contributed by atoms with Crippen LogP contribution >= 0.6 is 11.3 Å². The first-order chi connectivity index (χ1) is 11.2. The molecule has 0 bridgehead atoms. The number of fused-ring (bicyclic) bond motifs is 1. The van der Waals surface area contributed by atoms with Crippen molar-refractivity contribution in [3.05, 3.63) is 17.9 Å². The molecule has 0 saturated heterocycles. The number of carbonyl (C=O) groups is 1. The smallest absolute Gasteiger partial charge is 0.410 e. The van der Waals surface area contributed by atoms with E-state index in [1.807, 2.05) is 0 Å². The van der Waals surface area contributed by atoms with Gasteiger partial charge in [-0.2, -0.15) is 0 Å². The van der Waals surface area contributed by atoms with E-state index in [-0.39, 0.29) is 26.4 Å². The lowest BCUT2D eigenvalue weighted by Gasteiger charge is -2.03. The van der Waals surface area contributed by atoms with Crippen molar-refractivity contribution in [3.63, 3.8) is 0 Å². The molecule has 0 atom stereocenters. The van der Waals surface area contributed by atoms with Gasteiger partial charge in [-0.1, -0.05) is 11.3 Å². The number of nitrogens with zero attached hydrogens (tertiary/aromatic N) is 2. The number of hydrogen-bond donors (Lipinski definition) is 2. The highest BCUT2D eigenvalue weighted by Crippen LogP contribution is 2.43. The average Bonchev–Trinajstić information content (AvgIpc) is 3.01. The maximum atomic E-state index is 11.8.